The van der Waals surface area contributed by atoms with Gasteiger partial charge in [-0.25, -0.2) is 0 Å². The number of fused-ring (bicyclic) bond motifs is 5. The minimum atomic E-state index is -2.04. The fourth-order valence-electron chi connectivity index (χ4n) is 11.2. The number of aliphatic hydroxyl groups is 5. The summed E-state index contributed by atoms with van der Waals surface area (Å²) in [4.78, 5) is 27.6. The van der Waals surface area contributed by atoms with Crippen LogP contribution < -0.4 is 11.1 Å². The Morgan fingerprint density at radius 1 is 1.09 bits per heavy atom. The zero-order valence-corrected chi connectivity index (χ0v) is 26.2. The maximum Gasteiger partial charge on any atom is 0.187 e. The molecule has 6 fully saturated rings. The van der Waals surface area contributed by atoms with Crippen LogP contribution in [0.5, 0.6) is 0 Å². The number of aliphatic hydroxyl groups excluding tert-OH is 4. The van der Waals surface area contributed by atoms with Crippen molar-refractivity contribution < 1.29 is 49.9 Å². The first-order valence-electron chi connectivity index (χ1n) is 17.2. The highest BCUT2D eigenvalue weighted by atomic mass is 16.7. The van der Waals surface area contributed by atoms with Gasteiger partial charge in [-0.2, -0.15) is 0 Å². The summed E-state index contributed by atoms with van der Waals surface area (Å²) in [5.41, 5.74) is 4.83. The number of rotatable bonds is 5. The maximum absolute atomic E-state index is 13.9. The first-order valence-corrected chi connectivity index (χ1v) is 17.2. The van der Waals surface area contributed by atoms with E-state index in [1.165, 1.54) is 6.08 Å². The largest absolute Gasteiger partial charge is 0.512 e. The van der Waals surface area contributed by atoms with Crippen LogP contribution in [0.25, 0.3) is 0 Å². The Bertz CT molecular complexity index is 1260. The second-order valence-electron chi connectivity index (χ2n) is 15.4. The quantitative estimate of drug-likeness (QED) is 0.220. The van der Waals surface area contributed by atoms with Gasteiger partial charge < -0.3 is 40.3 Å². The number of Topliss-reactive ketones (excluding diaryl/α,β-unsaturated/α-hetero) is 2. The molecule has 0 spiro atoms. The molecule has 4 saturated carbocycles. The fourth-order valence-corrected chi connectivity index (χ4v) is 11.2. The number of ether oxygens (including phenoxy) is 2. The summed E-state index contributed by atoms with van der Waals surface area (Å²) < 4.78 is 12.3. The first-order chi connectivity index (χ1) is 21.5. The number of allylic oxidation sites excluding steroid dienone is 4. The molecule has 0 aromatic carbocycles. The number of hydrogen-bond donors (Lipinski definition) is 7. The van der Waals surface area contributed by atoms with Gasteiger partial charge in [-0.3, -0.25) is 15.3 Å². The van der Waals surface area contributed by atoms with Gasteiger partial charge in [0.25, 0.3) is 0 Å². The van der Waals surface area contributed by atoms with Crippen LogP contribution in [-0.4, -0.2) is 92.7 Å². The molecule has 0 aromatic rings. The standard InChI is InChI=1S/C34H50N2O9/c1-16-10-20-26(22(38)11-16)29(40)27-19(28(20)39)5-2-6-23(27)44-32-31(42)34(43,30(41)24(14-37)45-32)15-33-9-3-4-18(33)8-7-17-13-36-25(35)12-21(17)33/h10-11,17-21,23-27,30-32,36-38,41-43H,2-9,12-15,35H2,1H3/p+1/t17?,18-,19?,20+,21?,23?,24+,25?,26-,27?,30+,31-,32-,33+,34-/m0/s1. The van der Waals surface area contributed by atoms with Gasteiger partial charge in [0.05, 0.1) is 37.0 Å². The van der Waals surface area contributed by atoms with E-state index in [4.69, 9.17) is 15.2 Å². The van der Waals surface area contributed by atoms with Crippen LogP contribution in [-0.2, 0) is 19.1 Å². The number of carbonyl (C=O) groups is 2. The Balaban J connectivity index is 1.17. The minimum Gasteiger partial charge on any atom is -0.512 e. The third-order valence-corrected chi connectivity index (χ3v) is 13.2. The van der Waals surface area contributed by atoms with Gasteiger partial charge >= 0.3 is 0 Å². The van der Waals surface area contributed by atoms with E-state index in [0.717, 1.165) is 50.6 Å². The van der Waals surface area contributed by atoms with E-state index in [0.29, 0.717) is 31.1 Å². The molecule has 7 rings (SSSR count). The Hall–Kier alpha value is -1.70. The molecule has 11 nitrogen and oxygen atoms in total. The number of quaternary nitrogens is 1. The highest BCUT2D eigenvalue weighted by molar-refractivity contribution is 6.02. The molecule has 9 N–H and O–H groups in total. The molecule has 11 heteroatoms. The summed E-state index contributed by atoms with van der Waals surface area (Å²) in [5.74, 6) is -2.54. The van der Waals surface area contributed by atoms with E-state index in [2.05, 4.69) is 5.32 Å². The predicted octanol–water partition coefficient (Wildman–Crippen LogP) is 0.199. The van der Waals surface area contributed by atoms with Crippen molar-refractivity contribution in [2.75, 3.05) is 13.2 Å². The van der Waals surface area contributed by atoms with E-state index < -0.39 is 66.6 Å². The van der Waals surface area contributed by atoms with Crippen LogP contribution in [0.15, 0.2) is 23.5 Å². The lowest BCUT2D eigenvalue weighted by atomic mass is 9.51. The number of piperidine rings is 1. The third kappa shape index (κ3) is 4.99. The topological polar surface area (TPSA) is 196 Å². The SMILES string of the molecule is CC1=C[C@H]2C(=O)C3CCCC(O[C@H]4O[C@H](CO)[C@@H](O)[C@@](O)(C[C@]56CCC[C@H]5CCC5C[NH2+]C(N)CC56)[C@H]4O)C3C(=O)[C@@H]2C(O)=C1. The molecule has 0 aromatic heterocycles. The van der Waals surface area contributed by atoms with E-state index in [1.54, 1.807) is 13.0 Å². The van der Waals surface area contributed by atoms with Gasteiger partial charge in [0, 0.05) is 18.3 Å². The zero-order chi connectivity index (χ0) is 31.8. The monoisotopic (exact) mass is 631 g/mol. The summed E-state index contributed by atoms with van der Waals surface area (Å²) in [6.07, 6.45) is 4.16. The number of ketones is 2. The highest BCUT2D eigenvalue weighted by Crippen LogP contribution is 2.62. The lowest BCUT2D eigenvalue weighted by molar-refractivity contribution is -0.708. The molecule has 5 aliphatic carbocycles. The second kappa shape index (κ2) is 11.8. The molecule has 0 amide bonds. The average molecular weight is 632 g/mol. The van der Waals surface area contributed by atoms with Crippen molar-refractivity contribution in [2.45, 2.75) is 114 Å². The normalized spacial score (nSPS) is 51.4. The van der Waals surface area contributed by atoms with Crippen molar-refractivity contribution in [1.29, 1.82) is 0 Å². The molecule has 2 saturated heterocycles. The highest BCUT2D eigenvalue weighted by Gasteiger charge is 2.64. The van der Waals surface area contributed by atoms with E-state index in [9.17, 15) is 35.1 Å². The lowest BCUT2D eigenvalue weighted by Crippen LogP contribution is -2.96. The Labute approximate surface area is 264 Å². The van der Waals surface area contributed by atoms with Gasteiger partial charge in [0.15, 0.2) is 12.1 Å². The van der Waals surface area contributed by atoms with Crippen molar-refractivity contribution in [3.63, 3.8) is 0 Å². The molecule has 0 radical (unpaired) electrons. The van der Waals surface area contributed by atoms with Gasteiger partial charge in [0.2, 0.25) is 0 Å². The van der Waals surface area contributed by atoms with E-state index >= 15 is 0 Å². The van der Waals surface area contributed by atoms with Crippen LogP contribution in [0.3, 0.4) is 0 Å². The Morgan fingerprint density at radius 3 is 2.67 bits per heavy atom. The third-order valence-electron chi connectivity index (χ3n) is 13.2. The molecule has 250 valence electrons. The predicted molar refractivity (Wildman–Crippen MR) is 160 cm³/mol. The van der Waals surface area contributed by atoms with Crippen LogP contribution in [0.1, 0.15) is 71.1 Å². The van der Waals surface area contributed by atoms with Crippen LogP contribution >= 0.6 is 0 Å². The molecular formula is C34H51N2O9+. The van der Waals surface area contributed by atoms with Crippen LogP contribution in [0.4, 0.5) is 0 Å². The van der Waals surface area contributed by atoms with Crippen molar-refractivity contribution in [3.05, 3.63) is 23.5 Å². The van der Waals surface area contributed by atoms with Gasteiger partial charge in [-0.15, -0.1) is 0 Å². The van der Waals surface area contributed by atoms with Gasteiger partial charge in [0.1, 0.15) is 41.6 Å². The van der Waals surface area contributed by atoms with Gasteiger partial charge in [-0.05, 0) is 75.2 Å². The molecule has 45 heavy (non-hydrogen) atoms. The van der Waals surface area contributed by atoms with Crippen LogP contribution in [0, 0.1) is 46.8 Å². The first kappa shape index (κ1) is 31.9. The molecular weight excluding hydrogens is 580 g/mol. The van der Waals surface area contributed by atoms with Gasteiger partial charge in [-0.1, -0.05) is 24.5 Å². The van der Waals surface area contributed by atoms with Crippen LogP contribution in [0.2, 0.25) is 0 Å². The summed E-state index contributed by atoms with van der Waals surface area (Å²) in [5, 5.41) is 59.0. The van der Waals surface area contributed by atoms with E-state index in [-0.39, 0.29) is 41.2 Å². The molecule has 0 bridgehead atoms. The molecule has 6 unspecified atom stereocenters. The minimum absolute atomic E-state index is 0.0321. The fraction of sp³-hybridized carbons (Fsp3) is 0.824. The summed E-state index contributed by atoms with van der Waals surface area (Å²) in [6, 6.07) is 0. The van der Waals surface area contributed by atoms with Crippen molar-refractivity contribution in [1.82, 2.24) is 0 Å². The zero-order valence-electron chi connectivity index (χ0n) is 26.2. The molecule has 2 heterocycles. The van der Waals surface area contributed by atoms with Crippen molar-refractivity contribution in [2.24, 2.45) is 52.6 Å². The molecule has 15 atom stereocenters. The summed E-state index contributed by atoms with van der Waals surface area (Å²) >= 11 is 0. The van der Waals surface area contributed by atoms with Crippen molar-refractivity contribution >= 4 is 11.6 Å². The Morgan fingerprint density at radius 2 is 1.89 bits per heavy atom. The lowest BCUT2D eigenvalue weighted by Gasteiger charge is -2.58. The van der Waals surface area contributed by atoms with Crippen molar-refractivity contribution in [3.8, 4) is 0 Å². The number of carbonyl (C=O) groups excluding carboxylic acids is 2. The summed E-state index contributed by atoms with van der Waals surface area (Å²) in [6.45, 7) is 2.12. The Kier molecular flexibility index (Phi) is 8.34. The maximum atomic E-state index is 13.9. The number of hydrogen-bond acceptors (Lipinski definition) is 10. The molecule has 2 aliphatic heterocycles. The van der Waals surface area contributed by atoms with E-state index in [1.807, 2.05) is 0 Å². The summed E-state index contributed by atoms with van der Waals surface area (Å²) in [7, 11) is 0. The number of nitrogens with two attached hydrogens (primary N) is 2. The smallest absolute Gasteiger partial charge is 0.187 e. The average Bonchev–Trinajstić information content (AvgIpc) is 3.43. The second-order valence-corrected chi connectivity index (χ2v) is 15.4. The molecule has 7 aliphatic rings.